The number of rotatable bonds is 6. The molecule has 0 aliphatic rings. The van der Waals surface area contributed by atoms with Gasteiger partial charge in [0.2, 0.25) is 0 Å². The first-order valence-corrected chi connectivity index (χ1v) is 10.0. The van der Waals surface area contributed by atoms with Crippen molar-refractivity contribution >= 4 is 46.9 Å². The second kappa shape index (κ2) is 9.16. The van der Waals surface area contributed by atoms with Crippen LogP contribution in [0.25, 0.3) is 0 Å². The van der Waals surface area contributed by atoms with E-state index in [9.17, 15) is 9.59 Å². The normalized spacial score (nSPS) is 11.2. The highest BCUT2D eigenvalue weighted by atomic mass is 32.1. The highest BCUT2D eigenvalue weighted by molar-refractivity contribution is 7.12. The van der Waals surface area contributed by atoms with Crippen molar-refractivity contribution in [1.29, 1.82) is 0 Å². The summed E-state index contributed by atoms with van der Waals surface area (Å²) in [6, 6.07) is 9.07. The number of hydrogen-bond acceptors (Lipinski definition) is 7. The van der Waals surface area contributed by atoms with Crippen LogP contribution in [0, 0.1) is 13.8 Å². The van der Waals surface area contributed by atoms with Gasteiger partial charge in [-0.15, -0.1) is 22.7 Å². The van der Waals surface area contributed by atoms with Gasteiger partial charge in [0.25, 0.3) is 11.8 Å². The second-order valence-electron chi connectivity index (χ2n) is 5.68. The predicted molar refractivity (Wildman–Crippen MR) is 112 cm³/mol. The third-order valence-electron chi connectivity index (χ3n) is 3.70. The molecule has 28 heavy (non-hydrogen) atoms. The largest absolute Gasteiger partial charge is 0.273 e. The Morgan fingerprint density at radius 2 is 1.36 bits per heavy atom. The van der Waals surface area contributed by atoms with Crippen molar-refractivity contribution in [3.63, 3.8) is 0 Å². The van der Waals surface area contributed by atoms with Crippen molar-refractivity contribution in [3.05, 3.63) is 73.4 Å². The van der Waals surface area contributed by atoms with Gasteiger partial charge in [0.15, 0.2) is 0 Å². The maximum atomic E-state index is 12.4. The van der Waals surface area contributed by atoms with Gasteiger partial charge in [-0.3, -0.25) is 14.6 Å². The minimum Gasteiger partial charge on any atom is -0.267 e. The van der Waals surface area contributed by atoms with Crippen LogP contribution in [0.1, 0.15) is 41.9 Å². The Morgan fingerprint density at radius 1 is 0.893 bits per heavy atom. The van der Waals surface area contributed by atoms with Crippen molar-refractivity contribution in [2.24, 2.45) is 10.2 Å². The van der Waals surface area contributed by atoms with Crippen LogP contribution < -0.4 is 10.9 Å². The number of hydrazone groups is 2. The second-order valence-corrected chi connectivity index (χ2v) is 7.64. The first-order chi connectivity index (χ1) is 13.5. The monoisotopic (exact) mass is 411 g/mol. The zero-order valence-corrected chi connectivity index (χ0v) is 16.8. The Balaban J connectivity index is 1.72. The van der Waals surface area contributed by atoms with E-state index < -0.39 is 11.8 Å². The van der Waals surface area contributed by atoms with Crippen LogP contribution in [0.5, 0.6) is 0 Å². The van der Waals surface area contributed by atoms with Gasteiger partial charge in [-0.2, -0.15) is 10.2 Å². The summed E-state index contributed by atoms with van der Waals surface area (Å²) in [5.41, 5.74) is 6.51. The molecule has 3 heterocycles. The average molecular weight is 412 g/mol. The van der Waals surface area contributed by atoms with E-state index in [-0.39, 0.29) is 11.1 Å². The molecule has 0 spiro atoms. The number of nitrogens with one attached hydrogen (secondary N) is 2. The lowest BCUT2D eigenvalue weighted by molar-refractivity contribution is 0.0954. The first-order valence-electron chi connectivity index (χ1n) is 8.26. The molecule has 0 saturated carbocycles. The van der Waals surface area contributed by atoms with Gasteiger partial charge < -0.3 is 0 Å². The molecule has 0 saturated heterocycles. The Labute approximate surface area is 169 Å². The molecule has 0 bridgehead atoms. The molecule has 9 heteroatoms. The Morgan fingerprint density at radius 3 is 1.75 bits per heavy atom. The Bertz CT molecular complexity index is 946. The first kappa shape index (κ1) is 19.6. The molecule has 2 amide bonds. The standard InChI is InChI=1S/C19H17N5O2S2/c1-12-16(18(25)23-20-10-14-5-3-7-27-14)9-17(13(2)22-12)19(26)24-21-11-15-6-4-8-28-15/h3-11H,1-2H3,(H,23,25)(H,24,26)/b20-10-,21-11-. The van der Waals surface area contributed by atoms with Crippen LogP contribution in [0.2, 0.25) is 0 Å². The van der Waals surface area contributed by atoms with E-state index in [2.05, 4.69) is 26.0 Å². The molecule has 0 fully saturated rings. The SMILES string of the molecule is Cc1nc(C)c(C(=O)N/N=C\c2cccs2)cc1C(=O)N/N=C\c1cccs1. The minimum absolute atomic E-state index is 0.279. The summed E-state index contributed by atoms with van der Waals surface area (Å²) in [4.78, 5) is 31.0. The van der Waals surface area contributed by atoms with E-state index in [0.29, 0.717) is 11.4 Å². The van der Waals surface area contributed by atoms with Crippen molar-refractivity contribution in [1.82, 2.24) is 15.8 Å². The fourth-order valence-corrected chi connectivity index (χ4v) is 3.51. The highest BCUT2D eigenvalue weighted by Gasteiger charge is 2.17. The molecule has 3 rings (SSSR count). The van der Waals surface area contributed by atoms with E-state index >= 15 is 0 Å². The number of thiophene rings is 2. The Kier molecular flexibility index (Phi) is 6.41. The number of pyridine rings is 1. The van der Waals surface area contributed by atoms with E-state index in [1.54, 1.807) is 26.3 Å². The molecule has 2 N–H and O–H groups in total. The van der Waals surface area contributed by atoms with E-state index in [0.717, 1.165) is 9.75 Å². The van der Waals surface area contributed by atoms with Crippen LogP contribution in [0.3, 0.4) is 0 Å². The predicted octanol–water partition coefficient (Wildman–Crippen LogP) is 3.35. The zero-order chi connectivity index (χ0) is 19.9. The smallest absolute Gasteiger partial charge is 0.267 e. The molecule has 3 aromatic heterocycles. The fraction of sp³-hybridized carbons (Fsp3) is 0.105. The van der Waals surface area contributed by atoms with Gasteiger partial charge in [-0.25, -0.2) is 10.9 Å². The average Bonchev–Trinajstić information content (AvgIpc) is 3.35. The van der Waals surface area contributed by atoms with E-state index in [1.807, 2.05) is 35.0 Å². The molecular formula is C19H17N5O2S2. The number of carbonyl (C=O) groups excluding carboxylic acids is 2. The van der Waals surface area contributed by atoms with Crippen LogP contribution in [-0.4, -0.2) is 29.2 Å². The number of amides is 2. The molecule has 142 valence electrons. The van der Waals surface area contributed by atoms with Gasteiger partial charge in [0.1, 0.15) is 0 Å². The lowest BCUT2D eigenvalue weighted by Gasteiger charge is -2.09. The number of hydrogen-bond donors (Lipinski definition) is 2. The van der Waals surface area contributed by atoms with Crippen LogP contribution in [0.4, 0.5) is 0 Å². The van der Waals surface area contributed by atoms with E-state index in [4.69, 9.17) is 0 Å². The van der Waals surface area contributed by atoms with Crippen LogP contribution >= 0.6 is 22.7 Å². The summed E-state index contributed by atoms with van der Waals surface area (Å²) in [5.74, 6) is -0.872. The van der Waals surface area contributed by atoms with Crippen molar-refractivity contribution in [2.75, 3.05) is 0 Å². The lowest BCUT2D eigenvalue weighted by Crippen LogP contribution is -2.23. The maximum Gasteiger partial charge on any atom is 0.273 e. The van der Waals surface area contributed by atoms with Gasteiger partial charge in [-0.05, 0) is 42.8 Å². The molecule has 0 aliphatic carbocycles. The third-order valence-corrected chi connectivity index (χ3v) is 5.31. The number of nitrogens with zero attached hydrogens (tertiary/aromatic N) is 3. The summed E-state index contributed by atoms with van der Waals surface area (Å²) in [5, 5.41) is 11.7. The van der Waals surface area contributed by atoms with Crippen molar-refractivity contribution in [2.45, 2.75) is 13.8 Å². The van der Waals surface area contributed by atoms with Crippen molar-refractivity contribution < 1.29 is 9.59 Å². The number of aryl methyl sites for hydroxylation is 2. The molecule has 0 aromatic carbocycles. The minimum atomic E-state index is -0.436. The Hall–Kier alpha value is -3.17. The molecule has 7 nitrogen and oxygen atoms in total. The molecule has 0 atom stereocenters. The topological polar surface area (TPSA) is 95.8 Å². The summed E-state index contributed by atoms with van der Waals surface area (Å²) in [7, 11) is 0. The summed E-state index contributed by atoms with van der Waals surface area (Å²) < 4.78 is 0. The number of carbonyl (C=O) groups is 2. The van der Waals surface area contributed by atoms with Crippen LogP contribution in [-0.2, 0) is 0 Å². The molecular weight excluding hydrogens is 394 g/mol. The zero-order valence-electron chi connectivity index (χ0n) is 15.2. The maximum absolute atomic E-state index is 12.4. The summed E-state index contributed by atoms with van der Waals surface area (Å²) in [6.07, 6.45) is 3.12. The number of aromatic nitrogens is 1. The van der Waals surface area contributed by atoms with Gasteiger partial charge >= 0.3 is 0 Å². The molecule has 3 aromatic rings. The lowest BCUT2D eigenvalue weighted by atomic mass is 10.1. The van der Waals surface area contributed by atoms with Crippen molar-refractivity contribution in [3.8, 4) is 0 Å². The highest BCUT2D eigenvalue weighted by Crippen LogP contribution is 2.13. The third kappa shape index (κ3) is 4.96. The quantitative estimate of drug-likeness (QED) is 0.481. The molecule has 0 radical (unpaired) electrons. The van der Waals surface area contributed by atoms with Crippen LogP contribution in [0.15, 0.2) is 51.3 Å². The van der Waals surface area contributed by atoms with E-state index in [1.165, 1.54) is 28.7 Å². The van der Waals surface area contributed by atoms with Gasteiger partial charge in [0.05, 0.1) is 34.9 Å². The molecule has 0 aliphatic heterocycles. The summed E-state index contributed by atoms with van der Waals surface area (Å²) in [6.45, 7) is 3.42. The van der Waals surface area contributed by atoms with Gasteiger partial charge in [0, 0.05) is 9.75 Å². The molecule has 0 unspecified atom stereocenters. The fourth-order valence-electron chi connectivity index (χ4n) is 2.34. The van der Waals surface area contributed by atoms with Gasteiger partial charge in [-0.1, -0.05) is 12.1 Å². The summed E-state index contributed by atoms with van der Waals surface area (Å²) >= 11 is 3.02.